The van der Waals surface area contributed by atoms with Gasteiger partial charge in [-0.25, -0.2) is 0 Å². The molecule has 0 atom stereocenters. The summed E-state index contributed by atoms with van der Waals surface area (Å²) in [6, 6.07) is 57.9. The van der Waals surface area contributed by atoms with E-state index in [-0.39, 0.29) is 0 Å². The summed E-state index contributed by atoms with van der Waals surface area (Å²) in [6.07, 6.45) is 0. The van der Waals surface area contributed by atoms with Gasteiger partial charge in [0.25, 0.3) is 0 Å². The van der Waals surface area contributed by atoms with Crippen molar-refractivity contribution in [1.82, 2.24) is 8.97 Å². The molecule has 0 aliphatic heterocycles. The van der Waals surface area contributed by atoms with Gasteiger partial charge in [-0.05, 0) is 74.5 Å². The highest BCUT2D eigenvalue weighted by molar-refractivity contribution is 6.24. The first kappa shape index (κ1) is 23.7. The van der Waals surface area contributed by atoms with Crippen LogP contribution in [-0.4, -0.2) is 8.97 Å². The third-order valence-corrected chi connectivity index (χ3v) is 9.43. The van der Waals surface area contributed by atoms with Gasteiger partial charge >= 0.3 is 0 Å². The van der Waals surface area contributed by atoms with Gasteiger partial charge in [-0.15, -0.1) is 0 Å². The molecule has 0 amide bonds. The van der Waals surface area contributed by atoms with Crippen molar-refractivity contribution in [3.63, 3.8) is 0 Å². The number of rotatable bonds is 2. The van der Waals surface area contributed by atoms with E-state index >= 15 is 0 Å². The largest absolute Gasteiger partial charge is 0.308 e. The van der Waals surface area contributed by atoms with Crippen molar-refractivity contribution in [2.24, 2.45) is 0 Å². The molecule has 204 valence electrons. The molecule has 0 aliphatic rings. The number of fused-ring (bicyclic) bond motifs is 7. The summed E-state index contributed by atoms with van der Waals surface area (Å²) in [4.78, 5) is 0. The second-order valence-corrected chi connectivity index (χ2v) is 11.8. The lowest BCUT2D eigenvalue weighted by molar-refractivity contribution is 1.17. The molecule has 0 bridgehead atoms. The van der Waals surface area contributed by atoms with Crippen molar-refractivity contribution in [2.45, 2.75) is 0 Å². The predicted octanol–water partition coefficient (Wildman–Crippen LogP) is 11.3. The van der Waals surface area contributed by atoms with Crippen molar-refractivity contribution in [3.05, 3.63) is 158 Å². The average Bonchev–Trinajstić information content (AvgIpc) is 3.35. The lowest BCUT2D eigenvalue weighted by Crippen LogP contribution is -1.97. The molecule has 2 nitrogen and oxygen atoms in total. The molecule has 0 N–H and O–H groups in total. The first-order valence-corrected chi connectivity index (χ1v) is 15.2. The Balaban J connectivity index is 1.49. The number of benzene rings is 8. The molecule has 2 heterocycles. The van der Waals surface area contributed by atoms with Crippen LogP contribution in [0.4, 0.5) is 0 Å². The quantitative estimate of drug-likeness (QED) is 0.200. The maximum atomic E-state index is 2.54. The van der Waals surface area contributed by atoms with Crippen molar-refractivity contribution < 1.29 is 0 Å². The van der Waals surface area contributed by atoms with E-state index in [1.165, 1.54) is 81.8 Å². The normalized spacial score (nSPS) is 12.1. The number of nitrogens with zero attached hydrogens (tertiary/aromatic N) is 2. The van der Waals surface area contributed by atoms with Gasteiger partial charge in [0.2, 0.25) is 0 Å². The predicted molar refractivity (Wildman–Crippen MR) is 187 cm³/mol. The first-order chi connectivity index (χ1) is 21.8. The van der Waals surface area contributed by atoms with Crippen LogP contribution in [0, 0.1) is 0 Å². The van der Waals surface area contributed by atoms with Gasteiger partial charge in [-0.1, -0.05) is 121 Å². The molecule has 0 fully saturated rings. The molecule has 0 unspecified atom stereocenters. The van der Waals surface area contributed by atoms with Gasteiger partial charge in [0.15, 0.2) is 0 Å². The Bertz CT molecular complexity index is 2760. The molecule has 44 heavy (non-hydrogen) atoms. The molecule has 0 aliphatic carbocycles. The molecule has 8 aromatic carbocycles. The Morgan fingerprint density at radius 1 is 0.364 bits per heavy atom. The average molecular weight is 559 g/mol. The summed E-state index contributed by atoms with van der Waals surface area (Å²) in [7, 11) is 0. The number of hydrogen-bond donors (Lipinski definition) is 0. The lowest BCUT2D eigenvalue weighted by Gasteiger charge is -2.13. The second kappa shape index (κ2) is 8.82. The Hall–Kier alpha value is -5.86. The molecule has 2 heteroatoms. The Kier molecular flexibility index (Phi) is 4.75. The van der Waals surface area contributed by atoms with Gasteiger partial charge in [-0.3, -0.25) is 0 Å². The minimum Gasteiger partial charge on any atom is -0.308 e. The number of hydrogen-bond acceptors (Lipinski definition) is 0. The van der Waals surface area contributed by atoms with E-state index in [4.69, 9.17) is 0 Å². The standard InChI is InChI=1S/C42H26N2/c1-2-15-32(16-3-1)43-37-19-9-14-28-20-23-36-35-22-21-31(34-18-8-13-27-10-6-7-17-33(27)34)26-38(35)44(42(36)41(28)37)40-25-30-12-5-4-11-29(30)24-39(40)43/h1-26H. The van der Waals surface area contributed by atoms with Gasteiger partial charge < -0.3 is 8.97 Å². The Morgan fingerprint density at radius 2 is 1.05 bits per heavy atom. The van der Waals surface area contributed by atoms with Crippen LogP contribution < -0.4 is 0 Å². The summed E-state index contributed by atoms with van der Waals surface area (Å²) in [6.45, 7) is 0. The highest BCUT2D eigenvalue weighted by atomic mass is 15.0. The third-order valence-electron chi connectivity index (χ3n) is 9.43. The molecule has 2 aromatic heterocycles. The van der Waals surface area contributed by atoms with E-state index in [1.54, 1.807) is 0 Å². The van der Waals surface area contributed by atoms with Gasteiger partial charge in [-0.2, -0.15) is 0 Å². The molecule has 0 saturated carbocycles. The van der Waals surface area contributed by atoms with Crippen LogP contribution in [0.3, 0.4) is 0 Å². The van der Waals surface area contributed by atoms with Crippen LogP contribution >= 0.6 is 0 Å². The molecule has 10 rings (SSSR count). The smallest absolute Gasteiger partial charge is 0.0709 e. The molecule has 10 aromatic rings. The van der Waals surface area contributed by atoms with E-state index in [0.29, 0.717) is 0 Å². The molecule has 0 saturated heterocycles. The van der Waals surface area contributed by atoms with Crippen LogP contribution in [0.2, 0.25) is 0 Å². The fraction of sp³-hybridized carbons (Fsp3) is 0. The van der Waals surface area contributed by atoms with Crippen molar-refractivity contribution in [1.29, 1.82) is 0 Å². The highest BCUT2D eigenvalue weighted by Crippen LogP contribution is 2.42. The summed E-state index contributed by atoms with van der Waals surface area (Å²) >= 11 is 0. The van der Waals surface area contributed by atoms with Crippen LogP contribution in [0.5, 0.6) is 0 Å². The van der Waals surface area contributed by atoms with Crippen LogP contribution in [-0.2, 0) is 0 Å². The zero-order valence-corrected chi connectivity index (χ0v) is 23.9. The minimum absolute atomic E-state index is 1.15. The fourth-order valence-electron chi connectivity index (χ4n) is 7.50. The number of para-hydroxylation sites is 1. The maximum Gasteiger partial charge on any atom is 0.0709 e. The summed E-state index contributed by atoms with van der Waals surface area (Å²) in [5.41, 5.74) is 9.68. The van der Waals surface area contributed by atoms with Crippen LogP contribution in [0.15, 0.2) is 158 Å². The Morgan fingerprint density at radius 3 is 1.91 bits per heavy atom. The highest BCUT2D eigenvalue weighted by Gasteiger charge is 2.20. The minimum atomic E-state index is 1.15. The maximum absolute atomic E-state index is 2.54. The fourth-order valence-corrected chi connectivity index (χ4v) is 7.50. The van der Waals surface area contributed by atoms with E-state index in [9.17, 15) is 0 Å². The third kappa shape index (κ3) is 3.20. The summed E-state index contributed by atoms with van der Waals surface area (Å²) in [5.74, 6) is 0. The number of aromatic nitrogens is 2. The van der Waals surface area contributed by atoms with E-state index < -0.39 is 0 Å². The SMILES string of the molecule is c1ccc(-n2c3cccc4ccc5c6ccc(-c7cccc8ccccc78)cc6n(c6cc7ccccc7cc62)c5c43)cc1. The topological polar surface area (TPSA) is 9.34 Å². The van der Waals surface area contributed by atoms with Crippen molar-refractivity contribution >= 4 is 70.7 Å². The summed E-state index contributed by atoms with van der Waals surface area (Å²) in [5, 5.41) is 10.1. The van der Waals surface area contributed by atoms with Gasteiger partial charge in [0.05, 0.1) is 27.6 Å². The van der Waals surface area contributed by atoms with E-state index in [0.717, 1.165) is 5.69 Å². The zero-order chi connectivity index (χ0) is 28.8. The first-order valence-electron chi connectivity index (χ1n) is 15.2. The lowest BCUT2D eigenvalue weighted by atomic mass is 9.97. The molecular weight excluding hydrogens is 532 g/mol. The van der Waals surface area contributed by atoms with Crippen LogP contribution in [0.1, 0.15) is 0 Å². The molecule has 0 spiro atoms. The van der Waals surface area contributed by atoms with Gasteiger partial charge in [0.1, 0.15) is 0 Å². The van der Waals surface area contributed by atoms with E-state index in [2.05, 4.69) is 167 Å². The van der Waals surface area contributed by atoms with E-state index in [1.807, 2.05) is 0 Å². The summed E-state index contributed by atoms with van der Waals surface area (Å²) < 4.78 is 4.99. The van der Waals surface area contributed by atoms with Crippen molar-refractivity contribution in [3.8, 4) is 16.8 Å². The molecule has 0 radical (unpaired) electrons. The second-order valence-electron chi connectivity index (χ2n) is 11.8. The Labute approximate surface area is 253 Å². The van der Waals surface area contributed by atoms with Gasteiger partial charge in [0, 0.05) is 21.8 Å². The van der Waals surface area contributed by atoms with Crippen LogP contribution in [0.25, 0.3) is 87.5 Å². The monoisotopic (exact) mass is 558 g/mol. The zero-order valence-electron chi connectivity index (χ0n) is 23.9. The molecular formula is C42H26N2. The van der Waals surface area contributed by atoms with Crippen molar-refractivity contribution in [2.75, 3.05) is 0 Å².